The summed E-state index contributed by atoms with van der Waals surface area (Å²) in [6, 6.07) is 9.45. The molecular weight excluding hydrogens is 528 g/mol. The number of amides is 2. The van der Waals surface area contributed by atoms with Gasteiger partial charge in [0.05, 0.1) is 32.9 Å². The minimum atomic E-state index is -0.375. The van der Waals surface area contributed by atoms with Crippen LogP contribution in [0, 0.1) is 0 Å². The number of thioether (sulfide) groups is 1. The Morgan fingerprint density at radius 1 is 1.03 bits per heavy atom. The van der Waals surface area contributed by atoms with Crippen LogP contribution in [0.25, 0.3) is 0 Å². The highest BCUT2D eigenvalue weighted by Crippen LogP contribution is 2.25. The quantitative estimate of drug-likeness (QED) is 0.265. The predicted molar refractivity (Wildman–Crippen MR) is 134 cm³/mol. The highest BCUT2D eigenvalue weighted by atomic mass is 35.5. The molecule has 2 N–H and O–H groups in total. The fraction of sp³-hybridized carbons (Fsp3) is 0.143. The Morgan fingerprint density at radius 3 is 2.52 bits per heavy atom. The third kappa shape index (κ3) is 6.88. The zero-order chi connectivity index (χ0) is 24.0. The van der Waals surface area contributed by atoms with E-state index in [4.69, 9.17) is 46.4 Å². The molecule has 33 heavy (non-hydrogen) atoms. The number of benzene rings is 2. The molecule has 2 aromatic carbocycles. The van der Waals surface area contributed by atoms with Gasteiger partial charge in [0.25, 0.3) is 5.91 Å². The Bertz CT molecular complexity index is 1200. The van der Waals surface area contributed by atoms with E-state index in [1.54, 1.807) is 41.0 Å². The molecule has 12 heteroatoms. The predicted octanol–water partition coefficient (Wildman–Crippen LogP) is 5.74. The lowest BCUT2D eigenvalue weighted by Gasteiger charge is -2.10. The number of allylic oxidation sites excluding steroid dienone is 1. The van der Waals surface area contributed by atoms with Gasteiger partial charge in [-0.2, -0.15) is 0 Å². The van der Waals surface area contributed by atoms with Gasteiger partial charge in [-0.25, -0.2) is 0 Å². The van der Waals surface area contributed by atoms with Crippen LogP contribution in [0.3, 0.4) is 0 Å². The van der Waals surface area contributed by atoms with Gasteiger partial charge in [0.1, 0.15) is 0 Å². The Kier molecular flexibility index (Phi) is 9.05. The average molecular weight is 545 g/mol. The van der Waals surface area contributed by atoms with Crippen LogP contribution in [0.15, 0.2) is 54.2 Å². The van der Waals surface area contributed by atoms with Gasteiger partial charge in [0.15, 0.2) is 11.0 Å². The van der Waals surface area contributed by atoms with Crippen LogP contribution in [-0.4, -0.2) is 32.3 Å². The molecule has 3 rings (SSSR count). The molecule has 2 amide bonds. The number of hydrogen-bond acceptors (Lipinski definition) is 5. The number of anilines is 1. The van der Waals surface area contributed by atoms with Crippen LogP contribution in [0.5, 0.6) is 0 Å². The van der Waals surface area contributed by atoms with Crippen molar-refractivity contribution in [2.45, 2.75) is 18.2 Å². The van der Waals surface area contributed by atoms with E-state index in [0.29, 0.717) is 43.8 Å². The summed E-state index contributed by atoms with van der Waals surface area (Å²) in [5.41, 5.74) is 0.830. The summed E-state index contributed by atoms with van der Waals surface area (Å²) in [6.45, 7) is 4.25. The van der Waals surface area contributed by atoms with Crippen molar-refractivity contribution in [2.75, 3.05) is 11.1 Å². The lowest BCUT2D eigenvalue weighted by molar-refractivity contribution is -0.113. The number of carbonyl (C=O) groups excluding carboxylic acids is 2. The van der Waals surface area contributed by atoms with E-state index < -0.39 is 0 Å². The molecule has 0 spiro atoms. The number of hydrogen-bond donors (Lipinski definition) is 2. The normalized spacial score (nSPS) is 10.7. The van der Waals surface area contributed by atoms with Crippen LogP contribution in [0.2, 0.25) is 20.1 Å². The minimum Gasteiger partial charge on any atom is -0.345 e. The van der Waals surface area contributed by atoms with Gasteiger partial charge in [-0.15, -0.1) is 16.8 Å². The first kappa shape index (κ1) is 25.4. The van der Waals surface area contributed by atoms with Crippen LogP contribution in [0.4, 0.5) is 5.69 Å². The van der Waals surface area contributed by atoms with Gasteiger partial charge in [-0.3, -0.25) is 9.59 Å². The van der Waals surface area contributed by atoms with Gasteiger partial charge in [0, 0.05) is 17.3 Å². The highest BCUT2D eigenvalue weighted by molar-refractivity contribution is 7.99. The van der Waals surface area contributed by atoms with E-state index in [-0.39, 0.29) is 29.1 Å². The van der Waals surface area contributed by atoms with Crippen molar-refractivity contribution >= 4 is 75.7 Å². The number of aromatic nitrogens is 3. The third-order valence-electron chi connectivity index (χ3n) is 4.22. The van der Waals surface area contributed by atoms with E-state index in [9.17, 15) is 9.59 Å². The highest BCUT2D eigenvalue weighted by Gasteiger charge is 2.16. The molecule has 172 valence electrons. The maximum atomic E-state index is 12.5. The third-order valence-corrected chi connectivity index (χ3v) is 6.48. The molecule has 0 fully saturated rings. The first-order valence-electron chi connectivity index (χ1n) is 9.42. The molecule has 0 aliphatic heterocycles. The molecule has 7 nitrogen and oxygen atoms in total. The van der Waals surface area contributed by atoms with Crippen molar-refractivity contribution in [3.05, 3.63) is 80.5 Å². The maximum absolute atomic E-state index is 12.5. The molecule has 0 bridgehead atoms. The fourth-order valence-electron chi connectivity index (χ4n) is 2.70. The van der Waals surface area contributed by atoms with Crippen molar-refractivity contribution < 1.29 is 9.59 Å². The number of nitrogens with one attached hydrogen (secondary N) is 2. The van der Waals surface area contributed by atoms with Crippen LogP contribution in [-0.2, 0) is 17.9 Å². The largest absolute Gasteiger partial charge is 0.345 e. The lowest BCUT2D eigenvalue weighted by Crippen LogP contribution is -2.25. The summed E-state index contributed by atoms with van der Waals surface area (Å²) >= 11 is 25.0. The molecule has 0 unspecified atom stereocenters. The number of nitrogens with zero attached hydrogens (tertiary/aromatic N) is 3. The van der Waals surface area contributed by atoms with E-state index in [1.807, 2.05) is 0 Å². The molecular formula is C21H17Cl4N5O2S. The SMILES string of the molecule is C=CCn1c(CNC(=O)c2ccc(Cl)cc2Cl)nnc1SCC(=O)Nc1ccc(Cl)c(Cl)c1. The number of carbonyl (C=O) groups is 2. The summed E-state index contributed by atoms with van der Waals surface area (Å²) in [7, 11) is 0. The minimum absolute atomic E-state index is 0.0856. The van der Waals surface area contributed by atoms with Crippen LogP contribution < -0.4 is 10.6 Å². The summed E-state index contributed by atoms with van der Waals surface area (Å²) in [6.07, 6.45) is 1.67. The van der Waals surface area contributed by atoms with E-state index in [2.05, 4.69) is 27.4 Å². The number of halogens is 4. The summed E-state index contributed by atoms with van der Waals surface area (Å²) in [5, 5.41) is 15.7. The summed E-state index contributed by atoms with van der Waals surface area (Å²) in [4.78, 5) is 24.8. The van der Waals surface area contributed by atoms with Crippen molar-refractivity contribution in [1.82, 2.24) is 20.1 Å². The van der Waals surface area contributed by atoms with E-state index in [1.165, 1.54) is 17.8 Å². The van der Waals surface area contributed by atoms with Gasteiger partial charge < -0.3 is 15.2 Å². The second-order valence-electron chi connectivity index (χ2n) is 6.57. The lowest BCUT2D eigenvalue weighted by atomic mass is 10.2. The molecule has 0 aliphatic carbocycles. The van der Waals surface area contributed by atoms with Gasteiger partial charge in [0.2, 0.25) is 5.91 Å². The maximum Gasteiger partial charge on any atom is 0.253 e. The second-order valence-corrected chi connectivity index (χ2v) is 9.17. The molecule has 3 aromatic rings. The first-order chi connectivity index (χ1) is 15.8. The molecule has 0 saturated carbocycles. The van der Waals surface area contributed by atoms with Crippen molar-refractivity contribution in [3.8, 4) is 0 Å². The van der Waals surface area contributed by atoms with Crippen molar-refractivity contribution in [3.63, 3.8) is 0 Å². The molecule has 0 atom stereocenters. The second kappa shape index (κ2) is 11.8. The molecule has 0 saturated heterocycles. The van der Waals surface area contributed by atoms with Crippen LogP contribution in [0.1, 0.15) is 16.2 Å². The Hall–Kier alpha value is -2.23. The molecule has 1 aromatic heterocycles. The van der Waals surface area contributed by atoms with Crippen molar-refractivity contribution in [2.24, 2.45) is 0 Å². The van der Waals surface area contributed by atoms with Gasteiger partial charge >= 0.3 is 0 Å². The molecule has 1 heterocycles. The summed E-state index contributed by atoms with van der Waals surface area (Å²) in [5.74, 6) is -0.0399. The van der Waals surface area contributed by atoms with Crippen molar-refractivity contribution in [1.29, 1.82) is 0 Å². The zero-order valence-electron chi connectivity index (χ0n) is 16.9. The first-order valence-corrected chi connectivity index (χ1v) is 11.9. The topological polar surface area (TPSA) is 88.9 Å². The fourth-order valence-corrected chi connectivity index (χ4v) is 4.26. The van der Waals surface area contributed by atoms with E-state index in [0.717, 1.165) is 0 Å². The van der Waals surface area contributed by atoms with E-state index >= 15 is 0 Å². The Labute approximate surface area is 214 Å². The zero-order valence-corrected chi connectivity index (χ0v) is 20.8. The number of rotatable bonds is 9. The Balaban J connectivity index is 1.62. The molecule has 0 aliphatic rings. The summed E-state index contributed by atoms with van der Waals surface area (Å²) < 4.78 is 1.76. The average Bonchev–Trinajstić information content (AvgIpc) is 3.15. The Morgan fingerprint density at radius 2 is 1.82 bits per heavy atom. The van der Waals surface area contributed by atoms with Gasteiger partial charge in [-0.1, -0.05) is 64.2 Å². The molecule has 0 radical (unpaired) electrons. The smallest absolute Gasteiger partial charge is 0.253 e. The standard InChI is InChI=1S/C21H17Cl4N5O2S/c1-2-7-30-18(10-26-20(32)14-5-3-12(22)8-16(14)24)28-29-21(30)33-11-19(31)27-13-4-6-15(23)17(25)9-13/h2-6,8-9H,1,7,10-11H2,(H,26,32)(H,27,31). The van der Waals surface area contributed by atoms with Crippen LogP contribution >= 0.6 is 58.2 Å². The van der Waals surface area contributed by atoms with Gasteiger partial charge in [-0.05, 0) is 36.4 Å². The monoisotopic (exact) mass is 543 g/mol.